The molecule has 2 aromatic rings. The van der Waals surface area contributed by atoms with Crippen molar-refractivity contribution in [3.05, 3.63) is 52.2 Å². The van der Waals surface area contributed by atoms with Gasteiger partial charge in [-0.15, -0.1) is 11.3 Å². The maximum Gasteiger partial charge on any atom is 0.188 e. The van der Waals surface area contributed by atoms with Crippen LogP contribution < -0.4 is 10.5 Å². The molecule has 0 spiro atoms. The highest BCUT2D eigenvalue weighted by molar-refractivity contribution is 7.10. The molecule has 2 rings (SSSR count). The molecule has 1 atom stereocenters. The Morgan fingerprint density at radius 3 is 2.79 bits per heavy atom. The van der Waals surface area contributed by atoms with Gasteiger partial charge in [0.15, 0.2) is 5.78 Å². The molecule has 0 amide bonds. The first-order chi connectivity index (χ1) is 9.24. The zero-order valence-electron chi connectivity index (χ0n) is 10.8. The minimum Gasteiger partial charge on any atom is -0.493 e. The summed E-state index contributed by atoms with van der Waals surface area (Å²) in [7, 11) is 0. The van der Waals surface area contributed by atoms with E-state index in [1.807, 2.05) is 42.6 Å². The number of ether oxygens (including phenoxy) is 1. The predicted octanol–water partition coefficient (Wildman–Crippen LogP) is 3.42. The molecule has 0 fully saturated rings. The third-order valence-electron chi connectivity index (χ3n) is 2.75. The van der Waals surface area contributed by atoms with E-state index in [9.17, 15) is 4.79 Å². The van der Waals surface area contributed by atoms with Crippen molar-refractivity contribution < 1.29 is 9.53 Å². The topological polar surface area (TPSA) is 52.3 Å². The highest BCUT2D eigenvalue weighted by Crippen LogP contribution is 2.26. The molecule has 3 nitrogen and oxygen atoms in total. The second-order valence-electron chi connectivity index (χ2n) is 4.20. The Morgan fingerprint density at radius 1 is 1.32 bits per heavy atom. The van der Waals surface area contributed by atoms with Crippen LogP contribution in [-0.4, -0.2) is 12.4 Å². The highest BCUT2D eigenvalue weighted by atomic mass is 32.1. The average molecular weight is 275 g/mol. The van der Waals surface area contributed by atoms with Crippen LogP contribution in [0.5, 0.6) is 5.75 Å². The Balaban J connectivity index is 2.23. The van der Waals surface area contributed by atoms with Crippen LogP contribution in [0.15, 0.2) is 41.8 Å². The molecule has 4 heteroatoms. The van der Waals surface area contributed by atoms with Crippen LogP contribution >= 0.6 is 11.3 Å². The number of nitrogens with two attached hydrogens (primary N) is 1. The van der Waals surface area contributed by atoms with E-state index in [1.165, 1.54) is 11.3 Å². The van der Waals surface area contributed by atoms with Gasteiger partial charge >= 0.3 is 0 Å². The Morgan fingerprint density at radius 2 is 2.11 bits per heavy atom. The molecule has 100 valence electrons. The summed E-state index contributed by atoms with van der Waals surface area (Å²) in [5, 5.41) is 1.92. The lowest BCUT2D eigenvalue weighted by molar-refractivity contribution is 0.0958. The van der Waals surface area contributed by atoms with Crippen LogP contribution in [-0.2, 0) is 0 Å². The average Bonchev–Trinajstić information content (AvgIpc) is 2.98. The fourth-order valence-corrected chi connectivity index (χ4v) is 2.50. The van der Waals surface area contributed by atoms with Crippen LogP contribution in [0.25, 0.3) is 0 Å². The van der Waals surface area contributed by atoms with E-state index < -0.39 is 6.04 Å². The van der Waals surface area contributed by atoms with Gasteiger partial charge in [-0.25, -0.2) is 0 Å². The standard InChI is InChI=1S/C15H17NO2S/c1-2-9-18-12-7-4-3-6-11(12)15(17)14(16)13-8-5-10-19-13/h3-8,10,14H,2,9,16H2,1H3. The largest absolute Gasteiger partial charge is 0.493 e. The number of Topliss-reactive ketones (excluding diaryl/α,β-unsaturated/α-hetero) is 1. The van der Waals surface area contributed by atoms with Crippen molar-refractivity contribution in [3.8, 4) is 5.75 Å². The number of benzene rings is 1. The van der Waals surface area contributed by atoms with Crippen molar-refractivity contribution in [1.29, 1.82) is 0 Å². The summed E-state index contributed by atoms with van der Waals surface area (Å²) in [5.74, 6) is 0.510. The zero-order valence-corrected chi connectivity index (χ0v) is 11.7. The Kier molecular flexibility index (Phi) is 4.71. The third kappa shape index (κ3) is 3.22. The zero-order chi connectivity index (χ0) is 13.7. The molecule has 0 aliphatic carbocycles. The van der Waals surface area contributed by atoms with Gasteiger partial charge in [0, 0.05) is 4.88 Å². The van der Waals surface area contributed by atoms with Crippen LogP contribution in [0.4, 0.5) is 0 Å². The molecule has 0 saturated carbocycles. The summed E-state index contributed by atoms with van der Waals surface area (Å²) in [6.07, 6.45) is 0.902. The third-order valence-corrected chi connectivity index (χ3v) is 3.70. The Labute approximate surface area is 117 Å². The van der Waals surface area contributed by atoms with Crippen molar-refractivity contribution in [1.82, 2.24) is 0 Å². The molecule has 0 saturated heterocycles. The number of thiophene rings is 1. The summed E-state index contributed by atoms with van der Waals surface area (Å²) < 4.78 is 5.60. The predicted molar refractivity (Wildman–Crippen MR) is 77.8 cm³/mol. The molecule has 1 aromatic carbocycles. The van der Waals surface area contributed by atoms with Gasteiger partial charge in [0.2, 0.25) is 0 Å². The molecule has 2 N–H and O–H groups in total. The first-order valence-corrected chi connectivity index (χ1v) is 7.17. The van der Waals surface area contributed by atoms with Gasteiger partial charge < -0.3 is 10.5 Å². The molecule has 1 unspecified atom stereocenters. The van der Waals surface area contributed by atoms with Gasteiger partial charge in [0.25, 0.3) is 0 Å². The van der Waals surface area contributed by atoms with Gasteiger partial charge in [0.1, 0.15) is 11.8 Å². The summed E-state index contributed by atoms with van der Waals surface area (Å²) in [5.41, 5.74) is 6.57. The molecule has 1 heterocycles. The summed E-state index contributed by atoms with van der Waals surface area (Å²) >= 11 is 1.49. The van der Waals surface area contributed by atoms with Crippen molar-refractivity contribution >= 4 is 17.1 Å². The van der Waals surface area contributed by atoms with Crippen LogP contribution in [0.2, 0.25) is 0 Å². The lowest BCUT2D eigenvalue weighted by Crippen LogP contribution is -2.21. The molecule has 1 aromatic heterocycles. The molecule has 0 bridgehead atoms. The van der Waals surface area contributed by atoms with Crippen LogP contribution in [0.3, 0.4) is 0 Å². The number of carbonyl (C=O) groups is 1. The maximum absolute atomic E-state index is 12.4. The van der Waals surface area contributed by atoms with Crippen molar-refractivity contribution in [2.45, 2.75) is 19.4 Å². The lowest BCUT2D eigenvalue weighted by atomic mass is 10.0. The minimum atomic E-state index is -0.619. The second-order valence-corrected chi connectivity index (χ2v) is 5.18. The fourth-order valence-electron chi connectivity index (χ4n) is 1.77. The number of rotatable bonds is 6. The van der Waals surface area contributed by atoms with Gasteiger partial charge in [-0.1, -0.05) is 25.1 Å². The van der Waals surface area contributed by atoms with Crippen molar-refractivity contribution in [2.75, 3.05) is 6.61 Å². The summed E-state index contributed by atoms with van der Waals surface area (Å²) in [6.45, 7) is 2.63. The number of carbonyl (C=O) groups excluding carboxylic acids is 1. The minimum absolute atomic E-state index is 0.103. The van der Waals surface area contributed by atoms with Gasteiger partial charge in [0.05, 0.1) is 12.2 Å². The first kappa shape index (κ1) is 13.8. The van der Waals surface area contributed by atoms with Gasteiger partial charge in [-0.2, -0.15) is 0 Å². The van der Waals surface area contributed by atoms with Gasteiger partial charge in [-0.05, 0) is 30.0 Å². The normalized spacial score (nSPS) is 12.1. The first-order valence-electron chi connectivity index (χ1n) is 6.29. The van der Waals surface area contributed by atoms with E-state index in [1.54, 1.807) is 6.07 Å². The quantitative estimate of drug-likeness (QED) is 0.822. The second kappa shape index (κ2) is 6.50. The van der Waals surface area contributed by atoms with E-state index >= 15 is 0 Å². The summed E-state index contributed by atoms with van der Waals surface area (Å²) in [4.78, 5) is 13.3. The lowest BCUT2D eigenvalue weighted by Gasteiger charge is -2.13. The Bertz CT molecular complexity index is 537. The molecule has 0 radical (unpaired) electrons. The Hall–Kier alpha value is -1.65. The molecular weight excluding hydrogens is 258 g/mol. The molecular formula is C15H17NO2S. The smallest absolute Gasteiger partial charge is 0.188 e. The van der Waals surface area contributed by atoms with Crippen molar-refractivity contribution in [3.63, 3.8) is 0 Å². The highest BCUT2D eigenvalue weighted by Gasteiger charge is 2.21. The maximum atomic E-state index is 12.4. The SMILES string of the molecule is CCCOc1ccccc1C(=O)C(N)c1cccs1. The van der Waals surface area contributed by atoms with E-state index in [-0.39, 0.29) is 5.78 Å². The van der Waals surface area contributed by atoms with E-state index in [4.69, 9.17) is 10.5 Å². The number of hydrogen-bond donors (Lipinski definition) is 1. The monoisotopic (exact) mass is 275 g/mol. The van der Waals surface area contributed by atoms with E-state index in [2.05, 4.69) is 0 Å². The fraction of sp³-hybridized carbons (Fsp3) is 0.267. The molecule has 19 heavy (non-hydrogen) atoms. The van der Waals surface area contributed by atoms with Crippen LogP contribution in [0, 0.1) is 0 Å². The van der Waals surface area contributed by atoms with Gasteiger partial charge in [-0.3, -0.25) is 4.79 Å². The number of ketones is 1. The molecule has 0 aliphatic rings. The summed E-state index contributed by atoms with van der Waals surface area (Å²) in [6, 6.07) is 10.4. The number of hydrogen-bond acceptors (Lipinski definition) is 4. The number of para-hydroxylation sites is 1. The van der Waals surface area contributed by atoms with Crippen molar-refractivity contribution in [2.24, 2.45) is 5.73 Å². The molecule has 0 aliphatic heterocycles. The van der Waals surface area contributed by atoms with E-state index in [0.717, 1.165) is 11.3 Å². The van der Waals surface area contributed by atoms with E-state index in [0.29, 0.717) is 17.9 Å². The van der Waals surface area contributed by atoms with Crippen LogP contribution in [0.1, 0.15) is 34.6 Å².